The second-order valence-electron chi connectivity index (χ2n) is 7.03. The van der Waals surface area contributed by atoms with Crippen LogP contribution in [0.5, 0.6) is 5.75 Å². The summed E-state index contributed by atoms with van der Waals surface area (Å²) in [7, 11) is 1.61. The van der Waals surface area contributed by atoms with Crippen molar-refractivity contribution in [3.63, 3.8) is 0 Å². The number of carbonyl (C=O) groups excluding carboxylic acids is 1. The lowest BCUT2D eigenvalue weighted by Crippen LogP contribution is -2.52. The van der Waals surface area contributed by atoms with E-state index in [0.29, 0.717) is 18.7 Å². The van der Waals surface area contributed by atoms with E-state index in [9.17, 15) is 4.79 Å². The second kappa shape index (κ2) is 11.1. The lowest BCUT2D eigenvalue weighted by Gasteiger charge is -2.37. The van der Waals surface area contributed by atoms with Crippen LogP contribution in [-0.2, 0) is 0 Å². The van der Waals surface area contributed by atoms with Crippen LogP contribution in [0.25, 0.3) is 0 Å². The van der Waals surface area contributed by atoms with Crippen molar-refractivity contribution in [3.8, 4) is 5.75 Å². The number of carbonyl (C=O) groups is 1. The Balaban J connectivity index is 1.48. The van der Waals surface area contributed by atoms with Gasteiger partial charge in [0.1, 0.15) is 5.75 Å². The van der Waals surface area contributed by atoms with Crippen LogP contribution < -0.4 is 20.3 Å². The Hall–Kier alpha value is -3.22. The monoisotopic (exact) mass is 409 g/mol. The van der Waals surface area contributed by atoms with Gasteiger partial charge < -0.3 is 25.2 Å². The summed E-state index contributed by atoms with van der Waals surface area (Å²) in [5.74, 6) is 1.54. The van der Waals surface area contributed by atoms with Crippen LogP contribution in [0.2, 0.25) is 0 Å². The predicted octanol–water partition coefficient (Wildman–Crippen LogP) is 2.21. The molecular formula is C23H31N5O2. The van der Waals surface area contributed by atoms with Gasteiger partial charge >= 0.3 is 0 Å². The first-order valence-corrected chi connectivity index (χ1v) is 10.5. The Bertz CT molecular complexity index is 815. The van der Waals surface area contributed by atoms with Gasteiger partial charge in [-0.2, -0.15) is 0 Å². The van der Waals surface area contributed by atoms with E-state index in [1.807, 2.05) is 6.07 Å². The van der Waals surface area contributed by atoms with Crippen molar-refractivity contribution in [1.29, 1.82) is 0 Å². The van der Waals surface area contributed by atoms with Gasteiger partial charge in [-0.15, -0.1) is 0 Å². The fraction of sp³-hybridized carbons (Fsp3) is 0.391. The van der Waals surface area contributed by atoms with E-state index in [-0.39, 0.29) is 5.91 Å². The summed E-state index contributed by atoms with van der Waals surface area (Å²) in [5.41, 5.74) is 1.88. The minimum absolute atomic E-state index is 0.102. The maximum atomic E-state index is 12.3. The van der Waals surface area contributed by atoms with Crippen LogP contribution in [-0.4, -0.2) is 69.7 Å². The van der Waals surface area contributed by atoms with Gasteiger partial charge in [0.25, 0.3) is 5.91 Å². The van der Waals surface area contributed by atoms with Crippen molar-refractivity contribution in [3.05, 3.63) is 60.2 Å². The van der Waals surface area contributed by atoms with E-state index in [1.165, 1.54) is 5.69 Å². The first-order chi connectivity index (χ1) is 14.7. The molecule has 0 bridgehead atoms. The van der Waals surface area contributed by atoms with Crippen molar-refractivity contribution >= 4 is 17.6 Å². The quantitative estimate of drug-likeness (QED) is 0.417. The molecule has 30 heavy (non-hydrogen) atoms. The number of rotatable bonds is 7. The molecule has 1 fully saturated rings. The number of benzene rings is 2. The standard InChI is InChI=1S/C23H31N5O2/c1-3-24-23(28-17-15-27(16-18-28)20-7-5-4-6-8-20)26-14-13-25-22(29)19-9-11-21(30-2)12-10-19/h4-12H,3,13-18H2,1-2H3,(H,24,26)(H,25,29). The molecule has 3 rings (SSSR count). The number of anilines is 1. The van der Waals surface area contributed by atoms with E-state index in [0.717, 1.165) is 44.4 Å². The zero-order valence-corrected chi connectivity index (χ0v) is 17.8. The minimum atomic E-state index is -0.102. The smallest absolute Gasteiger partial charge is 0.251 e. The zero-order valence-electron chi connectivity index (χ0n) is 17.8. The van der Waals surface area contributed by atoms with Crippen molar-refractivity contribution in [2.24, 2.45) is 4.99 Å². The molecule has 0 radical (unpaired) electrons. The first-order valence-electron chi connectivity index (χ1n) is 10.5. The van der Waals surface area contributed by atoms with E-state index in [2.05, 4.69) is 51.6 Å². The average molecular weight is 410 g/mol. The number of amides is 1. The van der Waals surface area contributed by atoms with Crippen LogP contribution in [0.1, 0.15) is 17.3 Å². The molecule has 160 valence electrons. The van der Waals surface area contributed by atoms with Crippen LogP contribution in [0, 0.1) is 0 Å². The number of hydrogen-bond donors (Lipinski definition) is 2. The molecular weight excluding hydrogens is 378 g/mol. The number of methoxy groups -OCH3 is 1. The molecule has 2 aromatic carbocycles. The van der Waals surface area contributed by atoms with Gasteiger partial charge in [-0.25, -0.2) is 0 Å². The first kappa shape index (κ1) is 21.5. The van der Waals surface area contributed by atoms with Crippen molar-refractivity contribution in [1.82, 2.24) is 15.5 Å². The third kappa shape index (κ3) is 5.89. The maximum Gasteiger partial charge on any atom is 0.251 e. The van der Waals surface area contributed by atoms with E-state index in [4.69, 9.17) is 9.73 Å². The highest BCUT2D eigenvalue weighted by molar-refractivity contribution is 5.94. The summed E-state index contributed by atoms with van der Waals surface area (Å²) < 4.78 is 5.12. The molecule has 7 nitrogen and oxygen atoms in total. The highest BCUT2D eigenvalue weighted by Crippen LogP contribution is 2.15. The molecule has 1 aliphatic rings. The molecule has 2 N–H and O–H groups in total. The minimum Gasteiger partial charge on any atom is -0.497 e. The number of aliphatic imine (C=N–C) groups is 1. The van der Waals surface area contributed by atoms with Gasteiger partial charge in [-0.3, -0.25) is 9.79 Å². The third-order valence-corrected chi connectivity index (χ3v) is 5.05. The second-order valence-corrected chi connectivity index (χ2v) is 7.03. The maximum absolute atomic E-state index is 12.3. The Kier molecular flexibility index (Phi) is 7.94. The van der Waals surface area contributed by atoms with E-state index < -0.39 is 0 Å². The van der Waals surface area contributed by atoms with Gasteiger partial charge in [0.05, 0.1) is 13.7 Å². The van der Waals surface area contributed by atoms with E-state index >= 15 is 0 Å². The van der Waals surface area contributed by atoms with Crippen LogP contribution in [0.15, 0.2) is 59.6 Å². The highest BCUT2D eigenvalue weighted by Gasteiger charge is 2.19. The number of piperazine rings is 1. The third-order valence-electron chi connectivity index (χ3n) is 5.05. The lowest BCUT2D eigenvalue weighted by atomic mass is 10.2. The van der Waals surface area contributed by atoms with Gasteiger partial charge in [-0.1, -0.05) is 18.2 Å². The summed E-state index contributed by atoms with van der Waals surface area (Å²) in [4.78, 5) is 21.6. The molecule has 0 spiro atoms. The Labute approximate surface area is 178 Å². The topological polar surface area (TPSA) is 69.2 Å². The molecule has 0 aromatic heterocycles. The molecule has 1 aliphatic heterocycles. The molecule has 1 saturated heterocycles. The molecule has 2 aromatic rings. The molecule has 0 saturated carbocycles. The SMILES string of the molecule is CCNC(=NCCNC(=O)c1ccc(OC)cc1)N1CCN(c2ccccc2)CC1. The fourth-order valence-corrected chi connectivity index (χ4v) is 3.42. The van der Waals surface area contributed by atoms with Crippen LogP contribution >= 0.6 is 0 Å². The molecule has 0 aliphatic carbocycles. The average Bonchev–Trinajstić information content (AvgIpc) is 2.81. The number of ether oxygens (including phenoxy) is 1. The Morgan fingerprint density at radius 3 is 2.33 bits per heavy atom. The number of para-hydroxylation sites is 1. The van der Waals surface area contributed by atoms with Crippen LogP contribution in [0.3, 0.4) is 0 Å². The summed E-state index contributed by atoms with van der Waals surface area (Å²) in [6, 6.07) is 17.6. The highest BCUT2D eigenvalue weighted by atomic mass is 16.5. The largest absolute Gasteiger partial charge is 0.497 e. The summed E-state index contributed by atoms with van der Waals surface area (Å²) >= 11 is 0. The van der Waals surface area contributed by atoms with Gasteiger partial charge in [0.2, 0.25) is 0 Å². The zero-order chi connectivity index (χ0) is 21.2. The van der Waals surface area contributed by atoms with E-state index in [1.54, 1.807) is 31.4 Å². The number of nitrogens with zero attached hydrogens (tertiary/aromatic N) is 3. The molecule has 0 atom stereocenters. The van der Waals surface area contributed by atoms with Crippen molar-refractivity contribution in [2.45, 2.75) is 6.92 Å². The summed E-state index contributed by atoms with van der Waals surface area (Å²) in [6.07, 6.45) is 0. The van der Waals surface area contributed by atoms with Gasteiger partial charge in [-0.05, 0) is 43.3 Å². The van der Waals surface area contributed by atoms with Crippen molar-refractivity contribution in [2.75, 3.05) is 57.8 Å². The summed E-state index contributed by atoms with van der Waals surface area (Å²) in [5, 5.41) is 6.29. The Morgan fingerprint density at radius 1 is 1.00 bits per heavy atom. The number of nitrogens with one attached hydrogen (secondary N) is 2. The number of hydrogen-bond acceptors (Lipinski definition) is 4. The fourth-order valence-electron chi connectivity index (χ4n) is 3.42. The lowest BCUT2D eigenvalue weighted by molar-refractivity contribution is 0.0954. The Morgan fingerprint density at radius 2 is 1.70 bits per heavy atom. The van der Waals surface area contributed by atoms with Gasteiger partial charge in [0.15, 0.2) is 5.96 Å². The van der Waals surface area contributed by atoms with Crippen LogP contribution in [0.4, 0.5) is 5.69 Å². The predicted molar refractivity (Wildman–Crippen MR) is 122 cm³/mol. The molecule has 7 heteroatoms. The number of guanidine groups is 1. The molecule has 0 unspecified atom stereocenters. The molecule has 1 heterocycles. The molecule has 1 amide bonds. The summed E-state index contributed by atoms with van der Waals surface area (Å²) in [6.45, 7) is 7.66. The van der Waals surface area contributed by atoms with Gasteiger partial charge in [0, 0.05) is 50.5 Å². The normalized spacial score (nSPS) is 14.4. The van der Waals surface area contributed by atoms with Crippen molar-refractivity contribution < 1.29 is 9.53 Å².